The maximum atomic E-state index is 10.5. The van der Waals surface area contributed by atoms with Crippen LogP contribution in [0.1, 0.15) is 26.2 Å². The Hall–Kier alpha value is -0.610. The summed E-state index contributed by atoms with van der Waals surface area (Å²) in [5.41, 5.74) is 0. The Kier molecular flexibility index (Phi) is 4.18. The molecule has 1 fully saturated rings. The molecule has 4 nitrogen and oxygen atoms in total. The highest BCUT2D eigenvalue weighted by Gasteiger charge is 2.17. The third-order valence-corrected chi connectivity index (χ3v) is 2.09. The van der Waals surface area contributed by atoms with Crippen LogP contribution in [-0.2, 0) is 14.3 Å². The largest absolute Gasteiger partial charge is 0.481 e. The van der Waals surface area contributed by atoms with Gasteiger partial charge >= 0.3 is 5.97 Å². The summed E-state index contributed by atoms with van der Waals surface area (Å²) in [4.78, 5) is 10.5. The summed E-state index contributed by atoms with van der Waals surface area (Å²) in [6.07, 6.45) is 2.88. The molecule has 0 aromatic heterocycles. The molecule has 1 rings (SSSR count). The number of carbonyl (C=O) groups is 1. The number of rotatable bonds is 4. The third-order valence-electron chi connectivity index (χ3n) is 2.09. The van der Waals surface area contributed by atoms with Crippen LogP contribution < -0.4 is 0 Å². The van der Waals surface area contributed by atoms with Crippen LogP contribution in [0.25, 0.3) is 0 Å². The Morgan fingerprint density at radius 2 is 2.46 bits per heavy atom. The Labute approximate surface area is 77.8 Å². The average molecular weight is 188 g/mol. The lowest BCUT2D eigenvalue weighted by Crippen LogP contribution is -2.26. The summed E-state index contributed by atoms with van der Waals surface area (Å²) < 4.78 is 10.6. The molecule has 1 aliphatic heterocycles. The van der Waals surface area contributed by atoms with Crippen molar-refractivity contribution < 1.29 is 19.4 Å². The molecule has 0 bridgehead atoms. The van der Waals surface area contributed by atoms with E-state index in [0.717, 1.165) is 25.9 Å². The summed E-state index contributed by atoms with van der Waals surface area (Å²) in [6.45, 7) is 2.59. The van der Waals surface area contributed by atoms with Crippen LogP contribution in [0.4, 0.5) is 0 Å². The van der Waals surface area contributed by atoms with Crippen LogP contribution >= 0.6 is 0 Å². The summed E-state index contributed by atoms with van der Waals surface area (Å²) in [5.74, 6) is -1.28. The molecular weight excluding hydrogens is 172 g/mol. The van der Waals surface area contributed by atoms with E-state index >= 15 is 0 Å². The molecule has 0 aromatic carbocycles. The highest BCUT2D eigenvalue weighted by atomic mass is 16.7. The van der Waals surface area contributed by atoms with Crippen molar-refractivity contribution in [1.29, 1.82) is 0 Å². The fourth-order valence-corrected chi connectivity index (χ4v) is 1.17. The van der Waals surface area contributed by atoms with Gasteiger partial charge in [0.05, 0.1) is 12.5 Å². The number of hydrogen-bond donors (Lipinski definition) is 1. The third kappa shape index (κ3) is 3.74. The monoisotopic (exact) mass is 188 g/mol. The fraction of sp³-hybridized carbons (Fsp3) is 0.889. The van der Waals surface area contributed by atoms with Gasteiger partial charge in [0.25, 0.3) is 0 Å². The molecule has 1 heterocycles. The van der Waals surface area contributed by atoms with Crippen molar-refractivity contribution in [2.45, 2.75) is 32.5 Å². The SMILES string of the molecule is CC(COC1CCCCO1)C(=O)O. The molecule has 0 spiro atoms. The standard InChI is InChI=1S/C9H16O4/c1-7(9(10)11)6-13-8-4-2-3-5-12-8/h7-8H,2-6H2,1H3,(H,10,11). The fourth-order valence-electron chi connectivity index (χ4n) is 1.17. The lowest BCUT2D eigenvalue weighted by atomic mass is 10.2. The van der Waals surface area contributed by atoms with E-state index in [4.69, 9.17) is 14.6 Å². The van der Waals surface area contributed by atoms with Gasteiger partial charge in [0.2, 0.25) is 0 Å². The molecular formula is C9H16O4. The highest BCUT2D eigenvalue weighted by molar-refractivity contribution is 5.69. The lowest BCUT2D eigenvalue weighted by molar-refractivity contribution is -0.174. The predicted molar refractivity (Wildman–Crippen MR) is 46.3 cm³/mol. The van der Waals surface area contributed by atoms with Crippen molar-refractivity contribution in [3.05, 3.63) is 0 Å². The smallest absolute Gasteiger partial charge is 0.308 e. The molecule has 0 aromatic rings. The first-order valence-corrected chi connectivity index (χ1v) is 4.66. The highest BCUT2D eigenvalue weighted by Crippen LogP contribution is 2.14. The van der Waals surface area contributed by atoms with Crippen LogP contribution in [0.2, 0.25) is 0 Å². The molecule has 0 saturated carbocycles. The van der Waals surface area contributed by atoms with Gasteiger partial charge < -0.3 is 14.6 Å². The molecule has 0 amide bonds. The minimum Gasteiger partial charge on any atom is -0.481 e. The van der Waals surface area contributed by atoms with E-state index in [0.29, 0.717) is 0 Å². The molecule has 1 aliphatic rings. The van der Waals surface area contributed by atoms with E-state index in [1.807, 2.05) is 0 Å². The molecule has 13 heavy (non-hydrogen) atoms. The van der Waals surface area contributed by atoms with Crippen LogP contribution in [0.3, 0.4) is 0 Å². The summed E-state index contributed by atoms with van der Waals surface area (Å²) in [7, 11) is 0. The Morgan fingerprint density at radius 1 is 1.69 bits per heavy atom. The van der Waals surface area contributed by atoms with E-state index < -0.39 is 11.9 Å². The summed E-state index contributed by atoms with van der Waals surface area (Å²) in [6, 6.07) is 0. The van der Waals surface area contributed by atoms with Crippen LogP contribution in [0.15, 0.2) is 0 Å². The maximum Gasteiger partial charge on any atom is 0.308 e. The maximum absolute atomic E-state index is 10.5. The van der Waals surface area contributed by atoms with Gasteiger partial charge in [0.15, 0.2) is 6.29 Å². The van der Waals surface area contributed by atoms with Gasteiger partial charge in [-0.3, -0.25) is 4.79 Å². The molecule has 0 aliphatic carbocycles. The number of ether oxygens (including phenoxy) is 2. The van der Waals surface area contributed by atoms with Gasteiger partial charge in [-0.15, -0.1) is 0 Å². The second-order valence-corrected chi connectivity index (χ2v) is 3.37. The Bertz CT molecular complexity index is 163. The molecule has 1 N–H and O–H groups in total. The quantitative estimate of drug-likeness (QED) is 0.721. The zero-order valence-corrected chi connectivity index (χ0v) is 7.86. The number of hydrogen-bond acceptors (Lipinski definition) is 3. The molecule has 1 saturated heterocycles. The van der Waals surface area contributed by atoms with E-state index in [2.05, 4.69) is 0 Å². The molecule has 0 radical (unpaired) electrons. The van der Waals surface area contributed by atoms with Crippen LogP contribution in [0, 0.1) is 5.92 Å². The van der Waals surface area contributed by atoms with Crippen molar-refractivity contribution in [1.82, 2.24) is 0 Å². The Balaban J connectivity index is 2.13. The van der Waals surface area contributed by atoms with Gasteiger partial charge in [-0.05, 0) is 26.2 Å². The second kappa shape index (κ2) is 5.19. The van der Waals surface area contributed by atoms with Crippen LogP contribution in [0.5, 0.6) is 0 Å². The van der Waals surface area contributed by atoms with Gasteiger partial charge in [0.1, 0.15) is 0 Å². The van der Waals surface area contributed by atoms with E-state index in [1.165, 1.54) is 0 Å². The number of aliphatic carboxylic acids is 1. The number of carboxylic acid groups (broad SMARTS) is 1. The first kappa shape index (κ1) is 10.5. The second-order valence-electron chi connectivity index (χ2n) is 3.37. The van der Waals surface area contributed by atoms with Crippen molar-refractivity contribution in [2.24, 2.45) is 5.92 Å². The molecule has 76 valence electrons. The first-order valence-electron chi connectivity index (χ1n) is 4.66. The van der Waals surface area contributed by atoms with Gasteiger partial charge in [-0.1, -0.05) is 0 Å². The van der Waals surface area contributed by atoms with E-state index in [-0.39, 0.29) is 12.9 Å². The van der Waals surface area contributed by atoms with Crippen molar-refractivity contribution in [3.8, 4) is 0 Å². The Morgan fingerprint density at radius 3 is 3.00 bits per heavy atom. The molecule has 2 unspecified atom stereocenters. The van der Waals surface area contributed by atoms with Gasteiger partial charge in [-0.25, -0.2) is 0 Å². The van der Waals surface area contributed by atoms with Crippen LogP contribution in [-0.4, -0.2) is 30.6 Å². The van der Waals surface area contributed by atoms with Crippen molar-refractivity contribution in [3.63, 3.8) is 0 Å². The van der Waals surface area contributed by atoms with E-state index in [1.54, 1.807) is 6.92 Å². The minimum absolute atomic E-state index is 0.185. The minimum atomic E-state index is -0.823. The topological polar surface area (TPSA) is 55.8 Å². The zero-order valence-electron chi connectivity index (χ0n) is 7.86. The van der Waals surface area contributed by atoms with E-state index in [9.17, 15) is 4.79 Å². The van der Waals surface area contributed by atoms with Crippen molar-refractivity contribution >= 4 is 5.97 Å². The van der Waals surface area contributed by atoms with Crippen molar-refractivity contribution in [2.75, 3.05) is 13.2 Å². The number of carboxylic acids is 1. The summed E-state index contributed by atoms with van der Waals surface area (Å²) in [5, 5.41) is 8.59. The molecule has 4 heteroatoms. The predicted octanol–water partition coefficient (Wildman–Crippen LogP) is 1.25. The normalized spacial score (nSPS) is 25.5. The zero-order chi connectivity index (χ0) is 9.68. The average Bonchev–Trinajstić information content (AvgIpc) is 2.15. The molecule has 2 atom stereocenters. The van der Waals surface area contributed by atoms with Gasteiger partial charge in [0, 0.05) is 6.61 Å². The lowest BCUT2D eigenvalue weighted by Gasteiger charge is -2.23. The first-order chi connectivity index (χ1) is 6.20. The summed E-state index contributed by atoms with van der Waals surface area (Å²) >= 11 is 0. The van der Waals surface area contributed by atoms with Gasteiger partial charge in [-0.2, -0.15) is 0 Å².